The van der Waals surface area contributed by atoms with Crippen LogP contribution in [0.3, 0.4) is 0 Å². The molecule has 0 saturated heterocycles. The average molecular weight is 193 g/mol. The number of hydrogen-bond acceptors (Lipinski definition) is 1. The van der Waals surface area contributed by atoms with Crippen LogP contribution in [0.5, 0.6) is 0 Å². The standard InChI is InChI=1S/C11H15NS/c1-5-10(13-4)8-11-9(2)6-7-12(11)3/h5-8H,1H2,2-4H3/b10-8+. The van der Waals surface area contributed by atoms with Crippen LogP contribution >= 0.6 is 11.8 Å². The van der Waals surface area contributed by atoms with Crippen molar-refractivity contribution in [2.45, 2.75) is 6.92 Å². The molecule has 1 aromatic rings. The third-order valence-electron chi connectivity index (χ3n) is 2.05. The minimum Gasteiger partial charge on any atom is -0.351 e. The third-order valence-corrected chi connectivity index (χ3v) is 2.80. The van der Waals surface area contributed by atoms with E-state index in [9.17, 15) is 0 Å². The molecule has 0 unspecified atom stereocenters. The Morgan fingerprint density at radius 1 is 1.62 bits per heavy atom. The number of aromatic nitrogens is 1. The van der Waals surface area contributed by atoms with E-state index in [1.807, 2.05) is 6.08 Å². The van der Waals surface area contributed by atoms with E-state index in [2.05, 4.69) is 49.7 Å². The predicted octanol–water partition coefficient (Wildman–Crippen LogP) is 3.22. The van der Waals surface area contributed by atoms with Crippen LogP contribution in [-0.2, 0) is 7.05 Å². The Balaban J connectivity index is 3.07. The molecule has 0 saturated carbocycles. The zero-order chi connectivity index (χ0) is 9.84. The van der Waals surface area contributed by atoms with Crippen molar-refractivity contribution in [2.75, 3.05) is 6.26 Å². The first-order valence-electron chi connectivity index (χ1n) is 4.19. The van der Waals surface area contributed by atoms with Gasteiger partial charge in [0.05, 0.1) is 0 Å². The predicted molar refractivity (Wildman–Crippen MR) is 61.8 cm³/mol. The Hall–Kier alpha value is -0.890. The summed E-state index contributed by atoms with van der Waals surface area (Å²) in [5.74, 6) is 0. The summed E-state index contributed by atoms with van der Waals surface area (Å²) >= 11 is 1.72. The van der Waals surface area contributed by atoms with Crippen LogP contribution in [0.25, 0.3) is 6.08 Å². The van der Waals surface area contributed by atoms with Crippen molar-refractivity contribution in [3.63, 3.8) is 0 Å². The molecule has 70 valence electrons. The second kappa shape index (κ2) is 4.38. The monoisotopic (exact) mass is 193 g/mol. The molecule has 0 radical (unpaired) electrons. The maximum Gasteiger partial charge on any atom is 0.0444 e. The molecule has 1 heterocycles. The van der Waals surface area contributed by atoms with Crippen molar-refractivity contribution in [3.05, 3.63) is 41.1 Å². The normalized spacial score (nSPS) is 11.8. The van der Waals surface area contributed by atoms with E-state index in [4.69, 9.17) is 0 Å². The van der Waals surface area contributed by atoms with Crippen molar-refractivity contribution in [1.82, 2.24) is 4.57 Å². The summed E-state index contributed by atoms with van der Waals surface area (Å²) in [6.07, 6.45) is 8.18. The SMILES string of the molecule is C=C/C(=C\c1c(C)ccn1C)SC. The molecule has 13 heavy (non-hydrogen) atoms. The van der Waals surface area contributed by atoms with Crippen LogP contribution in [0.4, 0.5) is 0 Å². The minimum absolute atomic E-state index is 1.20. The summed E-state index contributed by atoms with van der Waals surface area (Å²) in [6.45, 7) is 5.89. The number of thioether (sulfide) groups is 1. The number of hydrogen-bond donors (Lipinski definition) is 0. The highest BCUT2D eigenvalue weighted by atomic mass is 32.2. The summed E-state index contributed by atoms with van der Waals surface area (Å²) in [7, 11) is 2.06. The molecule has 1 rings (SSSR count). The van der Waals surface area contributed by atoms with Gasteiger partial charge in [-0.05, 0) is 30.9 Å². The fraction of sp³-hybridized carbons (Fsp3) is 0.273. The first-order chi connectivity index (χ1) is 6.19. The van der Waals surface area contributed by atoms with Crippen LogP contribution < -0.4 is 0 Å². The fourth-order valence-corrected chi connectivity index (χ4v) is 1.62. The molecular weight excluding hydrogens is 178 g/mol. The highest BCUT2D eigenvalue weighted by Crippen LogP contribution is 2.19. The van der Waals surface area contributed by atoms with Crippen molar-refractivity contribution in [1.29, 1.82) is 0 Å². The van der Waals surface area contributed by atoms with Crippen LogP contribution in [0.15, 0.2) is 29.8 Å². The maximum atomic E-state index is 3.77. The maximum absolute atomic E-state index is 3.77. The zero-order valence-corrected chi connectivity index (χ0v) is 9.19. The molecule has 0 amide bonds. The minimum atomic E-state index is 1.20. The summed E-state index contributed by atoms with van der Waals surface area (Å²) in [5, 5.41) is 0. The van der Waals surface area contributed by atoms with Gasteiger partial charge in [-0.25, -0.2) is 0 Å². The van der Waals surface area contributed by atoms with Gasteiger partial charge >= 0.3 is 0 Å². The van der Waals surface area contributed by atoms with Gasteiger partial charge in [0.1, 0.15) is 0 Å². The Morgan fingerprint density at radius 2 is 2.31 bits per heavy atom. The van der Waals surface area contributed by atoms with E-state index < -0.39 is 0 Å². The quantitative estimate of drug-likeness (QED) is 0.667. The van der Waals surface area contributed by atoms with E-state index >= 15 is 0 Å². The molecular formula is C11H15NS. The van der Waals surface area contributed by atoms with Crippen LogP contribution in [0.2, 0.25) is 0 Å². The molecule has 0 aliphatic rings. The van der Waals surface area contributed by atoms with Gasteiger partial charge in [-0.1, -0.05) is 12.7 Å². The Labute approximate surface area is 84.1 Å². The molecule has 0 bridgehead atoms. The zero-order valence-electron chi connectivity index (χ0n) is 8.37. The summed E-state index contributed by atoms with van der Waals surface area (Å²) < 4.78 is 2.12. The first-order valence-corrected chi connectivity index (χ1v) is 5.41. The second-order valence-corrected chi connectivity index (χ2v) is 3.83. The summed E-state index contributed by atoms with van der Waals surface area (Å²) in [4.78, 5) is 1.20. The molecule has 1 aromatic heterocycles. The summed E-state index contributed by atoms with van der Waals surface area (Å²) in [5.41, 5.74) is 2.56. The topological polar surface area (TPSA) is 4.93 Å². The average Bonchev–Trinajstić information content (AvgIpc) is 2.44. The van der Waals surface area contributed by atoms with Crippen LogP contribution in [0, 0.1) is 6.92 Å². The second-order valence-electron chi connectivity index (χ2n) is 2.95. The fourth-order valence-electron chi connectivity index (χ4n) is 1.22. The van der Waals surface area contributed by atoms with Gasteiger partial charge in [-0.15, -0.1) is 11.8 Å². The molecule has 2 heteroatoms. The van der Waals surface area contributed by atoms with E-state index in [0.29, 0.717) is 0 Å². The lowest BCUT2D eigenvalue weighted by Crippen LogP contribution is -1.89. The van der Waals surface area contributed by atoms with Crippen molar-refractivity contribution < 1.29 is 0 Å². The van der Waals surface area contributed by atoms with Gasteiger partial charge in [0, 0.05) is 23.8 Å². The Bertz CT molecular complexity index is 314. The number of rotatable bonds is 3. The highest BCUT2D eigenvalue weighted by molar-refractivity contribution is 8.02. The van der Waals surface area contributed by atoms with E-state index in [-0.39, 0.29) is 0 Å². The summed E-state index contributed by atoms with van der Waals surface area (Å²) in [6, 6.07) is 2.12. The van der Waals surface area contributed by atoms with E-state index in [1.165, 1.54) is 16.2 Å². The molecule has 0 fully saturated rings. The molecule has 0 N–H and O–H groups in total. The molecule has 0 aromatic carbocycles. The third kappa shape index (κ3) is 2.28. The molecule has 0 aliphatic carbocycles. The molecule has 0 atom stereocenters. The van der Waals surface area contributed by atoms with Gasteiger partial charge in [0.2, 0.25) is 0 Å². The van der Waals surface area contributed by atoms with Gasteiger partial charge in [-0.3, -0.25) is 0 Å². The highest BCUT2D eigenvalue weighted by Gasteiger charge is 1.99. The van der Waals surface area contributed by atoms with E-state index in [0.717, 1.165) is 0 Å². The molecule has 1 nitrogen and oxygen atoms in total. The lowest BCUT2D eigenvalue weighted by Gasteiger charge is -2.01. The Morgan fingerprint density at radius 3 is 2.69 bits per heavy atom. The van der Waals surface area contributed by atoms with Crippen LogP contribution in [-0.4, -0.2) is 10.8 Å². The van der Waals surface area contributed by atoms with Gasteiger partial charge in [0.15, 0.2) is 0 Å². The van der Waals surface area contributed by atoms with Crippen LogP contribution in [0.1, 0.15) is 11.3 Å². The first kappa shape index (κ1) is 10.2. The van der Waals surface area contributed by atoms with E-state index in [1.54, 1.807) is 11.8 Å². The van der Waals surface area contributed by atoms with Crippen molar-refractivity contribution in [2.24, 2.45) is 7.05 Å². The van der Waals surface area contributed by atoms with Gasteiger partial charge in [0.25, 0.3) is 0 Å². The van der Waals surface area contributed by atoms with Crippen molar-refractivity contribution in [3.8, 4) is 0 Å². The van der Waals surface area contributed by atoms with Crippen molar-refractivity contribution >= 4 is 17.8 Å². The van der Waals surface area contributed by atoms with Gasteiger partial charge < -0.3 is 4.57 Å². The number of nitrogens with zero attached hydrogens (tertiary/aromatic N) is 1. The Kier molecular flexibility index (Phi) is 3.43. The lowest BCUT2D eigenvalue weighted by atomic mass is 10.2. The number of aryl methyl sites for hydroxylation is 2. The molecule has 0 aliphatic heterocycles. The largest absolute Gasteiger partial charge is 0.351 e. The lowest BCUT2D eigenvalue weighted by molar-refractivity contribution is 0.911. The molecule has 0 spiro atoms. The number of allylic oxidation sites excluding steroid dienone is 1. The smallest absolute Gasteiger partial charge is 0.0444 e. The van der Waals surface area contributed by atoms with Gasteiger partial charge in [-0.2, -0.15) is 0 Å².